The molecule has 2 N–H and O–H groups in total. The molecule has 0 fully saturated rings. The molecule has 0 aromatic heterocycles. The van der Waals surface area contributed by atoms with Crippen molar-refractivity contribution in [1.29, 1.82) is 0 Å². The monoisotopic (exact) mass is 268 g/mol. The van der Waals surface area contributed by atoms with E-state index in [2.05, 4.69) is 0 Å². The van der Waals surface area contributed by atoms with Crippen LogP contribution in [-0.4, -0.2) is 51.8 Å². The molecule has 0 radical (unpaired) electrons. The second kappa shape index (κ2) is 7.43. The normalized spacial score (nSPS) is 9.84. The number of hydrogen-bond acceptors (Lipinski definition) is 4. The van der Waals surface area contributed by atoms with Crippen molar-refractivity contribution in [3.63, 3.8) is 0 Å². The molecule has 4 nitrogen and oxygen atoms in total. The number of Topliss-reactive ketones (excluding diaryl/α,β-unsaturated/α-hetero) is 1. The minimum absolute atomic E-state index is 0. The molecular formula is C14H13NaO4. The van der Waals surface area contributed by atoms with Gasteiger partial charge in [-0.1, -0.05) is 18.2 Å². The molecular weight excluding hydrogens is 255 g/mol. The summed E-state index contributed by atoms with van der Waals surface area (Å²) < 4.78 is 5.54. The third-order valence-electron chi connectivity index (χ3n) is 2.35. The predicted molar refractivity (Wildman–Crippen MR) is 72.7 cm³/mol. The molecule has 0 aliphatic carbocycles. The number of para-hydroxylation sites is 1. The number of aliphatic hydroxyl groups is 2. The van der Waals surface area contributed by atoms with Crippen LogP contribution in [0.3, 0.4) is 0 Å². The Morgan fingerprint density at radius 3 is 1.95 bits per heavy atom. The van der Waals surface area contributed by atoms with Crippen molar-refractivity contribution in [3.05, 3.63) is 60.2 Å². The summed E-state index contributed by atoms with van der Waals surface area (Å²) >= 11 is 0. The Morgan fingerprint density at radius 1 is 0.895 bits per heavy atom. The van der Waals surface area contributed by atoms with E-state index in [1.165, 1.54) is 12.1 Å². The Bertz CT molecular complexity index is 523. The fraction of sp³-hybridized carbons (Fsp3) is 0.0714. The topological polar surface area (TPSA) is 66.8 Å². The molecule has 0 atom stereocenters. The maximum absolute atomic E-state index is 11.3. The fourth-order valence-electron chi connectivity index (χ4n) is 1.46. The second-order valence-electron chi connectivity index (χ2n) is 3.68. The van der Waals surface area contributed by atoms with E-state index < -0.39 is 12.1 Å². The Kier molecular flexibility index (Phi) is 6.21. The number of benzene rings is 2. The van der Waals surface area contributed by atoms with Crippen molar-refractivity contribution >= 4 is 35.3 Å². The van der Waals surface area contributed by atoms with Crippen LogP contribution in [0, 0.1) is 0 Å². The summed E-state index contributed by atoms with van der Waals surface area (Å²) in [7, 11) is 0. The average Bonchev–Trinajstić information content (AvgIpc) is 2.40. The Labute approximate surface area is 132 Å². The molecule has 0 spiro atoms. The van der Waals surface area contributed by atoms with Crippen LogP contribution in [0.15, 0.2) is 54.6 Å². The van der Waals surface area contributed by atoms with E-state index in [9.17, 15) is 4.79 Å². The molecule has 0 unspecified atom stereocenters. The first kappa shape index (κ1) is 15.9. The number of rotatable bonds is 4. The average molecular weight is 268 g/mol. The molecule has 2 aromatic carbocycles. The molecule has 0 saturated heterocycles. The zero-order valence-electron chi connectivity index (χ0n) is 9.48. The van der Waals surface area contributed by atoms with E-state index >= 15 is 0 Å². The van der Waals surface area contributed by atoms with Gasteiger partial charge in [0.15, 0.2) is 0 Å². The van der Waals surface area contributed by atoms with Gasteiger partial charge in [0, 0.05) is 5.56 Å². The van der Waals surface area contributed by atoms with E-state index in [0.29, 0.717) is 11.5 Å². The van der Waals surface area contributed by atoms with Crippen LogP contribution in [0.2, 0.25) is 0 Å². The molecule has 0 amide bonds. The molecule has 94 valence electrons. The number of carbonyl (C=O) groups is 1. The summed E-state index contributed by atoms with van der Waals surface area (Å²) in [5.74, 6) is 0.533. The van der Waals surface area contributed by atoms with Crippen molar-refractivity contribution in [2.45, 2.75) is 6.29 Å². The first-order chi connectivity index (χ1) is 8.66. The molecule has 0 saturated carbocycles. The molecule has 0 heterocycles. The van der Waals surface area contributed by atoms with E-state index in [1.54, 1.807) is 12.1 Å². The van der Waals surface area contributed by atoms with E-state index in [1.807, 2.05) is 30.3 Å². The number of ketones is 1. The number of carbonyl (C=O) groups excluding carboxylic acids is 1. The molecule has 2 aromatic rings. The third kappa shape index (κ3) is 4.45. The minimum atomic E-state index is -1.98. The van der Waals surface area contributed by atoms with Crippen molar-refractivity contribution in [2.75, 3.05) is 0 Å². The third-order valence-corrected chi connectivity index (χ3v) is 2.35. The van der Waals surface area contributed by atoms with Gasteiger partial charge in [-0.05, 0) is 36.4 Å². The molecule has 0 aliphatic heterocycles. The predicted octanol–water partition coefficient (Wildman–Crippen LogP) is 1.32. The van der Waals surface area contributed by atoms with Crippen LogP contribution in [-0.2, 0) is 0 Å². The number of ether oxygens (including phenoxy) is 1. The van der Waals surface area contributed by atoms with Crippen molar-refractivity contribution in [3.8, 4) is 11.5 Å². The van der Waals surface area contributed by atoms with Crippen LogP contribution in [0.5, 0.6) is 11.5 Å². The number of hydrogen-bond donors (Lipinski definition) is 2. The fourth-order valence-corrected chi connectivity index (χ4v) is 1.46. The summed E-state index contributed by atoms with van der Waals surface area (Å²) in [5, 5.41) is 17.5. The Balaban J connectivity index is 0.00000180. The van der Waals surface area contributed by atoms with E-state index in [-0.39, 0.29) is 35.1 Å². The zero-order chi connectivity index (χ0) is 13.0. The first-order valence-corrected chi connectivity index (χ1v) is 5.40. The van der Waals surface area contributed by atoms with Crippen LogP contribution in [0.4, 0.5) is 0 Å². The SMILES string of the molecule is O=C(c1ccc(Oc2ccccc2)cc1)C(O)O.[NaH]. The quantitative estimate of drug-likeness (QED) is 0.498. The van der Waals surface area contributed by atoms with Gasteiger partial charge >= 0.3 is 29.6 Å². The van der Waals surface area contributed by atoms with Gasteiger partial charge in [-0.3, -0.25) is 4.79 Å². The standard InChI is InChI=1S/C14H12O4.Na.H/c15-13(14(16)17)10-6-8-12(9-7-10)18-11-4-2-1-3-5-11;;/h1-9,14,16-17H;;. The first-order valence-electron chi connectivity index (χ1n) is 5.40. The zero-order valence-corrected chi connectivity index (χ0v) is 9.48. The van der Waals surface area contributed by atoms with Gasteiger partial charge in [0.2, 0.25) is 12.1 Å². The number of aliphatic hydroxyl groups excluding tert-OH is 1. The summed E-state index contributed by atoms with van der Waals surface area (Å²) in [6, 6.07) is 15.4. The van der Waals surface area contributed by atoms with Crippen LogP contribution >= 0.6 is 0 Å². The van der Waals surface area contributed by atoms with Crippen molar-refractivity contribution < 1.29 is 19.7 Å². The van der Waals surface area contributed by atoms with Crippen molar-refractivity contribution in [1.82, 2.24) is 0 Å². The molecule has 19 heavy (non-hydrogen) atoms. The molecule has 2 rings (SSSR count). The molecule has 0 bridgehead atoms. The summed E-state index contributed by atoms with van der Waals surface area (Å²) in [6.07, 6.45) is -1.98. The van der Waals surface area contributed by atoms with Crippen molar-refractivity contribution in [2.24, 2.45) is 0 Å². The summed E-state index contributed by atoms with van der Waals surface area (Å²) in [4.78, 5) is 11.3. The molecule has 5 heteroatoms. The van der Waals surface area contributed by atoms with Gasteiger partial charge < -0.3 is 14.9 Å². The van der Waals surface area contributed by atoms with Gasteiger partial charge in [0.1, 0.15) is 11.5 Å². The second-order valence-corrected chi connectivity index (χ2v) is 3.68. The van der Waals surface area contributed by atoms with Gasteiger partial charge in [0.05, 0.1) is 0 Å². The van der Waals surface area contributed by atoms with E-state index in [4.69, 9.17) is 14.9 Å². The van der Waals surface area contributed by atoms with Crippen LogP contribution < -0.4 is 4.74 Å². The van der Waals surface area contributed by atoms with Gasteiger partial charge in [-0.15, -0.1) is 0 Å². The maximum atomic E-state index is 11.3. The summed E-state index contributed by atoms with van der Waals surface area (Å²) in [5.41, 5.74) is 0.227. The van der Waals surface area contributed by atoms with Gasteiger partial charge in [-0.2, -0.15) is 0 Å². The van der Waals surface area contributed by atoms with Gasteiger partial charge in [-0.25, -0.2) is 0 Å². The van der Waals surface area contributed by atoms with E-state index in [0.717, 1.165) is 0 Å². The van der Waals surface area contributed by atoms with Gasteiger partial charge in [0.25, 0.3) is 0 Å². The van der Waals surface area contributed by atoms with Crippen LogP contribution in [0.25, 0.3) is 0 Å². The Hall–Kier alpha value is -1.17. The van der Waals surface area contributed by atoms with Crippen LogP contribution in [0.1, 0.15) is 10.4 Å². The summed E-state index contributed by atoms with van der Waals surface area (Å²) in [6.45, 7) is 0. The Morgan fingerprint density at radius 2 is 1.42 bits per heavy atom. The molecule has 0 aliphatic rings.